The second-order valence-corrected chi connectivity index (χ2v) is 4.78. The molecule has 3 rings (SSSR count). The van der Waals surface area contributed by atoms with Crippen LogP contribution in [0.4, 0.5) is 0 Å². The van der Waals surface area contributed by atoms with Gasteiger partial charge >= 0.3 is 0 Å². The Morgan fingerprint density at radius 3 is 3.18 bits per heavy atom. The summed E-state index contributed by atoms with van der Waals surface area (Å²) in [6.07, 6.45) is 4.52. The van der Waals surface area contributed by atoms with Crippen molar-refractivity contribution in [1.82, 2.24) is 15.1 Å². The van der Waals surface area contributed by atoms with E-state index in [-0.39, 0.29) is 5.75 Å². The summed E-state index contributed by atoms with van der Waals surface area (Å²) >= 11 is 0. The molecule has 17 heavy (non-hydrogen) atoms. The summed E-state index contributed by atoms with van der Waals surface area (Å²) in [6.45, 7) is 3.14. The molecule has 1 aliphatic heterocycles. The van der Waals surface area contributed by atoms with Gasteiger partial charge in [-0.1, -0.05) is 12.1 Å². The van der Waals surface area contributed by atoms with Gasteiger partial charge < -0.3 is 10.4 Å². The van der Waals surface area contributed by atoms with E-state index in [4.69, 9.17) is 0 Å². The van der Waals surface area contributed by atoms with Gasteiger partial charge in [0, 0.05) is 18.1 Å². The van der Waals surface area contributed by atoms with Crippen LogP contribution in [0.25, 0.3) is 10.9 Å². The molecular weight excluding hydrogens is 214 g/mol. The number of hydrogen-bond acceptors (Lipinski definition) is 3. The third kappa shape index (κ3) is 2.13. The van der Waals surface area contributed by atoms with Gasteiger partial charge in [0.25, 0.3) is 0 Å². The number of aromatic nitrogens is 2. The fraction of sp³-hybridized carbons (Fsp3) is 0.462. The fourth-order valence-electron chi connectivity index (χ4n) is 2.52. The summed E-state index contributed by atoms with van der Waals surface area (Å²) in [5, 5.41) is 18.6. The Labute approximate surface area is 100 Å². The maximum atomic E-state index is 9.70. The first kappa shape index (κ1) is 10.6. The number of piperidine rings is 1. The van der Waals surface area contributed by atoms with Gasteiger partial charge in [-0.15, -0.1) is 0 Å². The molecule has 4 heteroatoms. The second kappa shape index (κ2) is 4.37. The highest BCUT2D eigenvalue weighted by Gasteiger charge is 2.14. The lowest BCUT2D eigenvalue weighted by atomic mass is 10.00. The fourth-order valence-corrected chi connectivity index (χ4v) is 2.52. The van der Waals surface area contributed by atoms with Crippen molar-refractivity contribution in [2.75, 3.05) is 13.1 Å². The molecule has 1 atom stereocenters. The predicted octanol–water partition coefficient (Wildman–Crippen LogP) is 1.74. The number of phenols is 1. The average molecular weight is 231 g/mol. The van der Waals surface area contributed by atoms with E-state index in [1.165, 1.54) is 12.8 Å². The van der Waals surface area contributed by atoms with Crippen molar-refractivity contribution < 1.29 is 5.11 Å². The van der Waals surface area contributed by atoms with E-state index < -0.39 is 0 Å². The lowest BCUT2D eigenvalue weighted by Crippen LogP contribution is -2.32. The summed E-state index contributed by atoms with van der Waals surface area (Å²) < 4.78 is 1.96. The number of nitrogens with zero attached hydrogens (tertiary/aromatic N) is 2. The normalized spacial score (nSPS) is 20.8. The van der Waals surface area contributed by atoms with Crippen molar-refractivity contribution in [2.24, 2.45) is 5.92 Å². The van der Waals surface area contributed by atoms with Crippen molar-refractivity contribution in [3.63, 3.8) is 0 Å². The van der Waals surface area contributed by atoms with E-state index in [0.29, 0.717) is 11.4 Å². The highest BCUT2D eigenvalue weighted by Crippen LogP contribution is 2.23. The highest BCUT2D eigenvalue weighted by molar-refractivity contribution is 5.83. The van der Waals surface area contributed by atoms with Crippen LogP contribution in [0.1, 0.15) is 12.8 Å². The molecule has 1 aromatic carbocycles. The molecule has 4 nitrogen and oxygen atoms in total. The molecule has 2 aromatic rings. The van der Waals surface area contributed by atoms with Gasteiger partial charge in [0.05, 0.1) is 0 Å². The standard InChI is InChI=1S/C13H17N3O/c17-12-5-1-4-11-9-16(15-13(11)12)8-10-3-2-6-14-7-10/h1,4-5,9-10,14,17H,2-3,6-8H2. The molecule has 0 radical (unpaired) electrons. The van der Waals surface area contributed by atoms with Crippen molar-refractivity contribution in [2.45, 2.75) is 19.4 Å². The zero-order valence-electron chi connectivity index (χ0n) is 9.76. The molecule has 90 valence electrons. The van der Waals surface area contributed by atoms with Crippen molar-refractivity contribution >= 4 is 10.9 Å². The molecule has 1 saturated heterocycles. The van der Waals surface area contributed by atoms with Crippen molar-refractivity contribution in [3.05, 3.63) is 24.4 Å². The van der Waals surface area contributed by atoms with Crippen LogP contribution in [0.2, 0.25) is 0 Å². The third-order valence-corrected chi connectivity index (χ3v) is 3.41. The van der Waals surface area contributed by atoms with Crippen LogP contribution in [0, 0.1) is 5.92 Å². The SMILES string of the molecule is Oc1cccc2cn(CC3CCCNC3)nc12. The topological polar surface area (TPSA) is 50.1 Å². The monoisotopic (exact) mass is 231 g/mol. The zero-order chi connectivity index (χ0) is 11.7. The predicted molar refractivity (Wildman–Crippen MR) is 67.0 cm³/mol. The molecular formula is C13H17N3O. The second-order valence-electron chi connectivity index (χ2n) is 4.78. The highest BCUT2D eigenvalue weighted by atomic mass is 16.3. The minimum Gasteiger partial charge on any atom is -0.506 e. The summed E-state index contributed by atoms with van der Waals surface area (Å²) in [7, 11) is 0. The minimum absolute atomic E-state index is 0.267. The number of nitrogens with one attached hydrogen (secondary N) is 1. The number of hydrogen-bond donors (Lipinski definition) is 2. The van der Waals surface area contributed by atoms with Crippen molar-refractivity contribution in [1.29, 1.82) is 0 Å². The Balaban J connectivity index is 1.83. The lowest BCUT2D eigenvalue weighted by molar-refractivity contribution is 0.326. The summed E-state index contributed by atoms with van der Waals surface area (Å²) in [5.41, 5.74) is 0.705. The Bertz CT molecular complexity index is 514. The molecule has 0 spiro atoms. The Kier molecular flexibility index (Phi) is 2.73. The number of phenolic OH excluding ortho intramolecular Hbond substituents is 1. The molecule has 0 amide bonds. The van der Waals surface area contributed by atoms with Crippen LogP contribution in [0.5, 0.6) is 5.75 Å². The molecule has 1 fully saturated rings. The molecule has 0 bridgehead atoms. The first-order valence-corrected chi connectivity index (χ1v) is 6.19. The van der Waals surface area contributed by atoms with Crippen LogP contribution in [-0.2, 0) is 6.54 Å². The van der Waals surface area contributed by atoms with Gasteiger partial charge in [-0.3, -0.25) is 4.68 Å². The zero-order valence-corrected chi connectivity index (χ0v) is 9.76. The number of rotatable bonds is 2. The average Bonchev–Trinajstić information content (AvgIpc) is 2.74. The first-order chi connectivity index (χ1) is 8.33. The van der Waals surface area contributed by atoms with Gasteiger partial charge in [0.15, 0.2) is 0 Å². The van der Waals surface area contributed by atoms with E-state index in [9.17, 15) is 5.11 Å². The number of benzene rings is 1. The molecule has 2 N–H and O–H groups in total. The van der Waals surface area contributed by atoms with E-state index in [2.05, 4.69) is 10.4 Å². The van der Waals surface area contributed by atoms with Crippen LogP contribution in [-0.4, -0.2) is 28.0 Å². The summed E-state index contributed by atoms with van der Waals surface area (Å²) in [6, 6.07) is 5.52. The van der Waals surface area contributed by atoms with E-state index >= 15 is 0 Å². The lowest BCUT2D eigenvalue weighted by Gasteiger charge is -2.22. The van der Waals surface area contributed by atoms with Crippen LogP contribution >= 0.6 is 0 Å². The first-order valence-electron chi connectivity index (χ1n) is 6.19. The van der Waals surface area contributed by atoms with Gasteiger partial charge in [0.2, 0.25) is 0 Å². The van der Waals surface area contributed by atoms with Gasteiger partial charge in [-0.25, -0.2) is 0 Å². The molecule has 1 unspecified atom stereocenters. The van der Waals surface area contributed by atoms with E-state index in [1.54, 1.807) is 6.07 Å². The molecule has 1 aromatic heterocycles. The number of aromatic hydroxyl groups is 1. The number of fused-ring (bicyclic) bond motifs is 1. The van der Waals surface area contributed by atoms with Crippen LogP contribution in [0.3, 0.4) is 0 Å². The van der Waals surface area contributed by atoms with Gasteiger partial charge in [-0.2, -0.15) is 5.10 Å². The Morgan fingerprint density at radius 2 is 2.41 bits per heavy atom. The van der Waals surface area contributed by atoms with Crippen LogP contribution < -0.4 is 5.32 Å². The smallest absolute Gasteiger partial charge is 0.143 e. The van der Waals surface area contributed by atoms with Crippen molar-refractivity contribution in [3.8, 4) is 5.75 Å². The summed E-state index contributed by atoms with van der Waals surface area (Å²) in [4.78, 5) is 0. The molecule has 2 heterocycles. The molecule has 1 aliphatic rings. The Morgan fingerprint density at radius 1 is 1.47 bits per heavy atom. The largest absolute Gasteiger partial charge is 0.506 e. The maximum Gasteiger partial charge on any atom is 0.143 e. The van der Waals surface area contributed by atoms with E-state index in [1.807, 2.05) is 23.0 Å². The van der Waals surface area contributed by atoms with Gasteiger partial charge in [-0.05, 0) is 37.9 Å². The van der Waals surface area contributed by atoms with E-state index in [0.717, 1.165) is 25.0 Å². The Hall–Kier alpha value is -1.55. The minimum atomic E-state index is 0.267. The maximum absolute atomic E-state index is 9.70. The molecule has 0 saturated carbocycles. The van der Waals surface area contributed by atoms with Gasteiger partial charge in [0.1, 0.15) is 11.3 Å². The summed E-state index contributed by atoms with van der Waals surface area (Å²) in [5.74, 6) is 0.920. The molecule has 0 aliphatic carbocycles. The van der Waals surface area contributed by atoms with Crippen LogP contribution in [0.15, 0.2) is 24.4 Å². The quantitative estimate of drug-likeness (QED) is 0.827. The third-order valence-electron chi connectivity index (χ3n) is 3.41.